The smallest absolute Gasteiger partial charge is 0.257 e. The van der Waals surface area contributed by atoms with Crippen LogP contribution in [0.5, 0.6) is 0 Å². The number of amides is 1. The second kappa shape index (κ2) is 7.46. The molecule has 3 aromatic carbocycles. The third-order valence-electron chi connectivity index (χ3n) is 4.50. The molecule has 30 heavy (non-hydrogen) atoms. The zero-order valence-electron chi connectivity index (χ0n) is 15.2. The number of aromatic nitrogens is 1. The van der Waals surface area contributed by atoms with Crippen LogP contribution in [0.15, 0.2) is 46.9 Å². The molecule has 4 rings (SSSR count). The van der Waals surface area contributed by atoms with E-state index in [1.165, 1.54) is 18.2 Å². The van der Waals surface area contributed by atoms with E-state index in [9.17, 15) is 22.4 Å². The van der Waals surface area contributed by atoms with E-state index >= 15 is 0 Å². The quantitative estimate of drug-likeness (QED) is 0.305. The largest absolute Gasteiger partial charge is 0.433 e. The lowest BCUT2D eigenvalue weighted by atomic mass is 10.1. The summed E-state index contributed by atoms with van der Waals surface area (Å²) in [6.45, 7) is 1.56. The molecule has 9 heteroatoms. The summed E-state index contributed by atoms with van der Waals surface area (Å²) in [4.78, 5) is 16.7. The summed E-state index contributed by atoms with van der Waals surface area (Å²) < 4.78 is 60.5. The first-order valence-corrected chi connectivity index (χ1v) is 8.94. The van der Waals surface area contributed by atoms with Crippen LogP contribution < -0.4 is 5.32 Å². The van der Waals surface area contributed by atoms with E-state index in [1.807, 2.05) is 0 Å². The van der Waals surface area contributed by atoms with E-state index in [4.69, 9.17) is 16.0 Å². The molecule has 0 aliphatic carbocycles. The molecule has 1 aromatic heterocycles. The Morgan fingerprint density at radius 3 is 2.57 bits per heavy atom. The lowest BCUT2D eigenvalue weighted by Gasteiger charge is -2.12. The normalized spacial score (nSPS) is 11.1. The van der Waals surface area contributed by atoms with Crippen LogP contribution in [0, 0.1) is 30.2 Å². The van der Waals surface area contributed by atoms with Gasteiger partial charge in [-0.15, -0.1) is 0 Å². The molecule has 0 spiro atoms. The van der Waals surface area contributed by atoms with Crippen molar-refractivity contribution in [3.05, 3.63) is 81.9 Å². The highest BCUT2D eigenvalue weighted by molar-refractivity contribution is 6.34. The van der Waals surface area contributed by atoms with Gasteiger partial charge in [0.15, 0.2) is 23.0 Å². The molecule has 0 aliphatic rings. The van der Waals surface area contributed by atoms with Crippen molar-refractivity contribution in [3.8, 4) is 11.5 Å². The molecule has 0 atom stereocenters. The minimum Gasteiger partial charge on any atom is -0.433 e. The number of carbonyl (C=O) groups excluding carboxylic acids is 1. The molecule has 1 N–H and O–H groups in total. The van der Waals surface area contributed by atoms with Crippen LogP contribution in [0.25, 0.3) is 22.6 Å². The van der Waals surface area contributed by atoms with Gasteiger partial charge in [-0.2, -0.15) is 0 Å². The van der Waals surface area contributed by atoms with Crippen molar-refractivity contribution in [1.82, 2.24) is 4.98 Å². The van der Waals surface area contributed by atoms with Crippen LogP contribution in [-0.4, -0.2) is 10.9 Å². The number of benzene rings is 3. The van der Waals surface area contributed by atoms with Crippen LogP contribution >= 0.6 is 11.6 Å². The van der Waals surface area contributed by atoms with Gasteiger partial charge in [0.25, 0.3) is 5.91 Å². The van der Waals surface area contributed by atoms with Gasteiger partial charge in [0.05, 0.1) is 10.6 Å². The van der Waals surface area contributed by atoms with Crippen molar-refractivity contribution >= 4 is 34.3 Å². The first-order valence-electron chi connectivity index (χ1n) is 8.56. The third-order valence-corrected chi connectivity index (χ3v) is 4.87. The highest BCUT2D eigenvalue weighted by Gasteiger charge is 2.21. The van der Waals surface area contributed by atoms with Crippen molar-refractivity contribution in [2.45, 2.75) is 6.92 Å². The fourth-order valence-electron chi connectivity index (χ4n) is 2.95. The molecule has 0 radical (unpaired) electrons. The second-order valence-electron chi connectivity index (χ2n) is 6.41. The van der Waals surface area contributed by atoms with Gasteiger partial charge in [0.1, 0.15) is 11.3 Å². The lowest BCUT2D eigenvalue weighted by Crippen LogP contribution is -2.14. The first kappa shape index (κ1) is 19.9. The van der Waals surface area contributed by atoms with Crippen LogP contribution in [0.1, 0.15) is 15.9 Å². The molecule has 0 aliphatic heterocycles. The Balaban J connectivity index is 1.75. The minimum atomic E-state index is -1.37. The van der Waals surface area contributed by atoms with E-state index in [-0.39, 0.29) is 33.8 Å². The molecule has 4 nitrogen and oxygen atoms in total. The van der Waals surface area contributed by atoms with E-state index in [1.54, 1.807) is 6.92 Å². The Hall–Kier alpha value is -3.39. The number of hydrogen-bond acceptors (Lipinski definition) is 3. The monoisotopic (exact) mass is 434 g/mol. The number of nitrogens with one attached hydrogen (secondary N) is 1. The Labute approximate surface area is 172 Å². The van der Waals surface area contributed by atoms with Gasteiger partial charge in [-0.25, -0.2) is 22.5 Å². The van der Waals surface area contributed by atoms with Crippen LogP contribution in [0.4, 0.5) is 23.2 Å². The lowest BCUT2D eigenvalue weighted by molar-refractivity contribution is 0.102. The van der Waals surface area contributed by atoms with Gasteiger partial charge in [-0.1, -0.05) is 17.7 Å². The predicted octanol–water partition coefficient (Wildman–Crippen LogP) is 6.27. The number of hydrogen-bond donors (Lipinski definition) is 1. The number of oxazole rings is 1. The van der Waals surface area contributed by atoms with Gasteiger partial charge in [-0.05, 0) is 48.9 Å². The molecule has 0 fully saturated rings. The summed E-state index contributed by atoms with van der Waals surface area (Å²) in [7, 11) is 0. The Morgan fingerprint density at radius 2 is 1.83 bits per heavy atom. The SMILES string of the molecule is Cc1c(NC(=O)c2ccc(F)c(F)c2Cl)cc(F)cc1-c1nc2cccc(F)c2o1. The Bertz CT molecular complexity index is 1320. The fraction of sp³-hybridized carbons (Fsp3) is 0.0476. The van der Waals surface area contributed by atoms with E-state index < -0.39 is 34.2 Å². The number of para-hydroxylation sites is 1. The number of nitrogens with zero attached hydrogens (tertiary/aromatic N) is 1. The van der Waals surface area contributed by atoms with E-state index in [0.29, 0.717) is 5.56 Å². The summed E-state index contributed by atoms with van der Waals surface area (Å²) in [6.07, 6.45) is 0. The van der Waals surface area contributed by atoms with Crippen molar-refractivity contribution in [3.63, 3.8) is 0 Å². The fourth-order valence-corrected chi connectivity index (χ4v) is 3.19. The number of anilines is 1. The summed E-state index contributed by atoms with van der Waals surface area (Å²) in [5, 5.41) is 1.72. The molecule has 1 heterocycles. The number of rotatable bonds is 3. The molecule has 0 saturated carbocycles. The number of fused-ring (bicyclic) bond motifs is 1. The van der Waals surface area contributed by atoms with Crippen molar-refractivity contribution in [2.75, 3.05) is 5.32 Å². The summed E-state index contributed by atoms with van der Waals surface area (Å²) in [5.41, 5.74) is 0.388. The Morgan fingerprint density at radius 1 is 1.07 bits per heavy atom. The van der Waals surface area contributed by atoms with Gasteiger partial charge in [-0.3, -0.25) is 4.79 Å². The molecule has 4 aromatic rings. The topological polar surface area (TPSA) is 55.1 Å². The molecule has 152 valence electrons. The van der Waals surface area contributed by atoms with Gasteiger partial charge >= 0.3 is 0 Å². The maximum atomic E-state index is 14.2. The van der Waals surface area contributed by atoms with Gasteiger partial charge in [0, 0.05) is 11.3 Å². The molecule has 0 bridgehead atoms. The second-order valence-corrected chi connectivity index (χ2v) is 6.79. The molecule has 0 saturated heterocycles. The molecule has 1 amide bonds. The van der Waals surface area contributed by atoms with Crippen molar-refractivity contribution < 1.29 is 26.8 Å². The highest BCUT2D eigenvalue weighted by Crippen LogP contribution is 2.33. The standard InChI is InChI=1S/C21H11ClF4N2O2/c1-9-12(21-28-15-4-2-3-14(25)19(15)30-21)7-10(23)8-16(9)27-20(29)11-5-6-13(24)18(26)17(11)22/h2-8H,1H3,(H,27,29). The maximum Gasteiger partial charge on any atom is 0.257 e. The van der Waals surface area contributed by atoms with Crippen LogP contribution in [0.3, 0.4) is 0 Å². The van der Waals surface area contributed by atoms with E-state index in [2.05, 4.69) is 10.3 Å². The molecular weight excluding hydrogens is 424 g/mol. The maximum absolute atomic E-state index is 14.2. The average Bonchev–Trinajstić information content (AvgIpc) is 3.14. The summed E-state index contributed by atoms with van der Waals surface area (Å²) in [6, 6.07) is 8.12. The number of halogens is 5. The van der Waals surface area contributed by atoms with Crippen molar-refractivity contribution in [2.24, 2.45) is 0 Å². The summed E-state index contributed by atoms with van der Waals surface area (Å²) in [5.74, 6) is -4.85. The summed E-state index contributed by atoms with van der Waals surface area (Å²) >= 11 is 5.71. The van der Waals surface area contributed by atoms with Crippen LogP contribution in [-0.2, 0) is 0 Å². The first-order chi connectivity index (χ1) is 14.3. The predicted molar refractivity (Wildman–Crippen MR) is 103 cm³/mol. The Kier molecular flexibility index (Phi) is 4.95. The van der Waals surface area contributed by atoms with Gasteiger partial charge in [0.2, 0.25) is 5.89 Å². The number of carbonyl (C=O) groups is 1. The molecular formula is C21H11ClF4N2O2. The zero-order chi connectivity index (χ0) is 21.6. The molecule has 0 unspecified atom stereocenters. The minimum absolute atomic E-state index is 0.0264. The van der Waals surface area contributed by atoms with Crippen molar-refractivity contribution in [1.29, 1.82) is 0 Å². The van der Waals surface area contributed by atoms with Crippen LogP contribution in [0.2, 0.25) is 5.02 Å². The highest BCUT2D eigenvalue weighted by atomic mass is 35.5. The average molecular weight is 435 g/mol. The zero-order valence-corrected chi connectivity index (χ0v) is 16.0. The van der Waals surface area contributed by atoms with Gasteiger partial charge < -0.3 is 9.73 Å². The third kappa shape index (κ3) is 3.39. The van der Waals surface area contributed by atoms with E-state index in [0.717, 1.165) is 24.3 Å².